The minimum atomic E-state index is -0.390. The van der Waals surface area contributed by atoms with Crippen LogP contribution in [0.25, 0.3) is 0 Å². The Morgan fingerprint density at radius 2 is 2.28 bits per heavy atom. The first-order valence-electron chi connectivity index (χ1n) is 7.37. The standard InChI is InChI=1S/C14H29NO3/c1-2-3-4-5-7-17-12-14(16)10-15-9-13-6-8-18-11-13/h13-16H,2-12H2,1H3. The van der Waals surface area contributed by atoms with Gasteiger partial charge < -0.3 is 19.9 Å². The quantitative estimate of drug-likeness (QED) is 0.553. The van der Waals surface area contributed by atoms with Crippen LogP contribution in [0.1, 0.15) is 39.0 Å². The molecule has 18 heavy (non-hydrogen) atoms. The molecule has 0 saturated carbocycles. The van der Waals surface area contributed by atoms with E-state index in [1.54, 1.807) is 0 Å². The van der Waals surface area contributed by atoms with E-state index in [4.69, 9.17) is 9.47 Å². The van der Waals surface area contributed by atoms with Crippen LogP contribution < -0.4 is 5.32 Å². The van der Waals surface area contributed by atoms with Crippen LogP contribution in [0.15, 0.2) is 0 Å². The van der Waals surface area contributed by atoms with Gasteiger partial charge in [-0.1, -0.05) is 26.2 Å². The maximum absolute atomic E-state index is 9.71. The number of aliphatic hydroxyl groups excluding tert-OH is 1. The van der Waals surface area contributed by atoms with Crippen molar-refractivity contribution in [1.29, 1.82) is 0 Å². The lowest BCUT2D eigenvalue weighted by Gasteiger charge is -2.14. The van der Waals surface area contributed by atoms with Crippen LogP contribution in [0, 0.1) is 5.92 Å². The number of unbranched alkanes of at least 4 members (excludes halogenated alkanes) is 3. The molecular weight excluding hydrogens is 230 g/mol. The third kappa shape index (κ3) is 8.03. The van der Waals surface area contributed by atoms with Gasteiger partial charge in [0.2, 0.25) is 0 Å². The van der Waals surface area contributed by atoms with Gasteiger partial charge in [-0.3, -0.25) is 0 Å². The lowest BCUT2D eigenvalue weighted by atomic mass is 10.1. The summed E-state index contributed by atoms with van der Waals surface area (Å²) in [6.45, 7) is 6.71. The van der Waals surface area contributed by atoms with Crippen molar-refractivity contribution in [3.63, 3.8) is 0 Å². The Morgan fingerprint density at radius 1 is 1.39 bits per heavy atom. The number of ether oxygens (including phenoxy) is 2. The maximum Gasteiger partial charge on any atom is 0.0897 e. The predicted molar refractivity (Wildman–Crippen MR) is 72.8 cm³/mol. The second-order valence-corrected chi connectivity index (χ2v) is 5.18. The molecule has 0 radical (unpaired) electrons. The van der Waals surface area contributed by atoms with Gasteiger partial charge in [0.15, 0.2) is 0 Å². The SMILES string of the molecule is CCCCCCOCC(O)CNCC1CCOC1. The molecule has 4 nitrogen and oxygen atoms in total. The van der Waals surface area contributed by atoms with Gasteiger partial charge in [-0.25, -0.2) is 0 Å². The van der Waals surface area contributed by atoms with Crippen LogP contribution in [-0.4, -0.2) is 50.7 Å². The first-order chi connectivity index (χ1) is 8.83. The Labute approximate surface area is 111 Å². The third-order valence-corrected chi connectivity index (χ3v) is 3.29. The molecule has 108 valence electrons. The van der Waals surface area contributed by atoms with Crippen molar-refractivity contribution in [1.82, 2.24) is 5.32 Å². The summed E-state index contributed by atoms with van der Waals surface area (Å²) >= 11 is 0. The third-order valence-electron chi connectivity index (χ3n) is 3.29. The van der Waals surface area contributed by atoms with Crippen molar-refractivity contribution < 1.29 is 14.6 Å². The monoisotopic (exact) mass is 259 g/mol. The van der Waals surface area contributed by atoms with Crippen molar-refractivity contribution >= 4 is 0 Å². The fourth-order valence-corrected chi connectivity index (χ4v) is 2.11. The van der Waals surface area contributed by atoms with E-state index >= 15 is 0 Å². The highest BCUT2D eigenvalue weighted by Crippen LogP contribution is 2.10. The second kappa shape index (κ2) is 10.7. The molecule has 0 aromatic carbocycles. The summed E-state index contributed by atoms with van der Waals surface area (Å²) in [5, 5.41) is 13.0. The van der Waals surface area contributed by atoms with E-state index in [9.17, 15) is 5.11 Å². The lowest BCUT2D eigenvalue weighted by molar-refractivity contribution is 0.0350. The Hall–Kier alpha value is -0.160. The summed E-state index contributed by atoms with van der Waals surface area (Å²) in [6.07, 6.45) is 5.60. The van der Waals surface area contributed by atoms with Crippen LogP contribution in [0.3, 0.4) is 0 Å². The van der Waals surface area contributed by atoms with Gasteiger partial charge >= 0.3 is 0 Å². The van der Waals surface area contributed by atoms with Gasteiger partial charge in [-0.05, 0) is 18.8 Å². The Bertz CT molecular complexity index is 184. The van der Waals surface area contributed by atoms with Crippen LogP contribution >= 0.6 is 0 Å². The lowest BCUT2D eigenvalue weighted by Crippen LogP contribution is -2.33. The van der Waals surface area contributed by atoms with Gasteiger partial charge in [0.1, 0.15) is 0 Å². The van der Waals surface area contributed by atoms with Crippen molar-refractivity contribution in [2.75, 3.05) is 39.5 Å². The van der Waals surface area contributed by atoms with Gasteiger partial charge in [0.05, 0.1) is 19.3 Å². The molecule has 1 aliphatic heterocycles. The van der Waals surface area contributed by atoms with Crippen LogP contribution in [0.2, 0.25) is 0 Å². The van der Waals surface area contributed by atoms with Crippen molar-refractivity contribution in [2.45, 2.75) is 45.1 Å². The molecule has 2 N–H and O–H groups in total. The number of hydrogen-bond donors (Lipinski definition) is 2. The minimum absolute atomic E-state index is 0.390. The Morgan fingerprint density at radius 3 is 3.00 bits per heavy atom. The first kappa shape index (κ1) is 15.9. The molecule has 1 aliphatic rings. The zero-order chi connectivity index (χ0) is 13.1. The summed E-state index contributed by atoms with van der Waals surface area (Å²) < 4.78 is 10.7. The van der Waals surface area contributed by atoms with E-state index in [0.29, 0.717) is 19.1 Å². The van der Waals surface area contributed by atoms with E-state index in [0.717, 1.165) is 39.2 Å². The summed E-state index contributed by atoms with van der Waals surface area (Å²) in [7, 11) is 0. The summed E-state index contributed by atoms with van der Waals surface area (Å²) in [5.74, 6) is 0.618. The summed E-state index contributed by atoms with van der Waals surface area (Å²) in [5.41, 5.74) is 0. The molecule has 4 heteroatoms. The van der Waals surface area contributed by atoms with Gasteiger partial charge in [-0.2, -0.15) is 0 Å². The molecule has 1 heterocycles. The molecule has 1 rings (SSSR count). The van der Waals surface area contributed by atoms with E-state index in [1.165, 1.54) is 19.3 Å². The Balaban J connectivity index is 1.82. The smallest absolute Gasteiger partial charge is 0.0897 e. The minimum Gasteiger partial charge on any atom is -0.389 e. The summed E-state index contributed by atoms with van der Waals surface area (Å²) in [6, 6.07) is 0. The zero-order valence-corrected chi connectivity index (χ0v) is 11.7. The molecule has 0 spiro atoms. The molecule has 1 saturated heterocycles. The van der Waals surface area contributed by atoms with E-state index < -0.39 is 6.10 Å². The fourth-order valence-electron chi connectivity index (χ4n) is 2.11. The average molecular weight is 259 g/mol. The molecule has 0 aromatic heterocycles. The van der Waals surface area contributed by atoms with Gasteiger partial charge in [0, 0.05) is 26.3 Å². The largest absolute Gasteiger partial charge is 0.389 e. The molecule has 1 fully saturated rings. The molecule has 0 aliphatic carbocycles. The number of hydrogen-bond acceptors (Lipinski definition) is 4. The highest BCUT2D eigenvalue weighted by molar-refractivity contribution is 4.68. The van der Waals surface area contributed by atoms with Crippen molar-refractivity contribution in [3.8, 4) is 0 Å². The van der Waals surface area contributed by atoms with Crippen LogP contribution in [0.4, 0.5) is 0 Å². The van der Waals surface area contributed by atoms with E-state index in [1.807, 2.05) is 0 Å². The highest BCUT2D eigenvalue weighted by atomic mass is 16.5. The van der Waals surface area contributed by atoms with Crippen molar-refractivity contribution in [2.24, 2.45) is 5.92 Å². The average Bonchev–Trinajstić information content (AvgIpc) is 2.87. The summed E-state index contributed by atoms with van der Waals surface area (Å²) in [4.78, 5) is 0. The number of rotatable bonds is 11. The van der Waals surface area contributed by atoms with Crippen LogP contribution in [-0.2, 0) is 9.47 Å². The molecule has 2 unspecified atom stereocenters. The fraction of sp³-hybridized carbons (Fsp3) is 1.00. The second-order valence-electron chi connectivity index (χ2n) is 5.18. The molecule has 0 aromatic rings. The number of aliphatic hydroxyl groups is 1. The maximum atomic E-state index is 9.71. The molecule has 0 amide bonds. The predicted octanol–water partition coefficient (Wildman–Crippen LogP) is 1.57. The van der Waals surface area contributed by atoms with Crippen LogP contribution in [0.5, 0.6) is 0 Å². The zero-order valence-electron chi connectivity index (χ0n) is 11.7. The molecular formula is C14H29NO3. The van der Waals surface area contributed by atoms with E-state index in [-0.39, 0.29) is 0 Å². The van der Waals surface area contributed by atoms with Crippen molar-refractivity contribution in [3.05, 3.63) is 0 Å². The molecule has 0 bridgehead atoms. The van der Waals surface area contributed by atoms with Gasteiger partial charge in [-0.15, -0.1) is 0 Å². The topological polar surface area (TPSA) is 50.7 Å². The highest BCUT2D eigenvalue weighted by Gasteiger charge is 2.15. The normalized spacial score (nSPS) is 21.3. The van der Waals surface area contributed by atoms with Gasteiger partial charge in [0.25, 0.3) is 0 Å². The first-order valence-corrected chi connectivity index (χ1v) is 7.37. The number of nitrogens with one attached hydrogen (secondary N) is 1. The van der Waals surface area contributed by atoms with E-state index in [2.05, 4.69) is 12.2 Å². The Kier molecular flexibility index (Phi) is 9.48. The molecule has 2 atom stereocenters.